The predicted octanol–water partition coefficient (Wildman–Crippen LogP) is 9.78. The minimum absolute atomic E-state index is 0.0195. The SMILES string of the molecule is CC(C)(C)c1cc(CCc2cc(C(C)(C)C)c(OCCCC3CO3)c(C(C)(C)C)c2)cc(C(C)(C)C)c1OCCCC1CO1. The first kappa shape index (κ1) is 34.8. The van der Waals surface area contributed by atoms with E-state index in [2.05, 4.69) is 107 Å². The van der Waals surface area contributed by atoms with Crippen LogP contribution in [0.3, 0.4) is 0 Å². The monoisotopic (exact) mass is 606 g/mol. The standard InChI is InChI=1S/C40H62O4/c1-37(2,3)31-21-27(22-32(38(4,5)6)35(31)41-19-13-15-29-25-43-29)17-18-28-23-33(39(7,8)9)36(34(24-28)40(10,11)12)42-20-14-16-30-26-44-30/h21-24,29-30H,13-20,25-26H2,1-12H3. The second-order valence-corrected chi connectivity index (χ2v) is 17.4. The molecule has 4 rings (SSSR count). The van der Waals surface area contributed by atoms with E-state index >= 15 is 0 Å². The van der Waals surface area contributed by atoms with E-state index in [0.717, 1.165) is 76.5 Å². The Morgan fingerprint density at radius 1 is 0.523 bits per heavy atom. The maximum atomic E-state index is 6.62. The number of aryl methyl sites for hydroxylation is 2. The summed E-state index contributed by atoms with van der Waals surface area (Å²) in [6.45, 7) is 31.0. The Bertz CT molecular complexity index is 1080. The molecule has 2 saturated heterocycles. The molecule has 44 heavy (non-hydrogen) atoms. The molecule has 2 aliphatic rings. The third-order valence-corrected chi connectivity index (χ3v) is 8.87. The summed E-state index contributed by atoms with van der Waals surface area (Å²) in [7, 11) is 0. The maximum Gasteiger partial charge on any atom is 0.126 e. The summed E-state index contributed by atoms with van der Waals surface area (Å²) >= 11 is 0. The lowest BCUT2D eigenvalue weighted by Gasteiger charge is -2.31. The topological polar surface area (TPSA) is 43.5 Å². The zero-order valence-corrected chi connectivity index (χ0v) is 30.2. The Labute approximate surface area is 269 Å². The molecule has 0 bridgehead atoms. The van der Waals surface area contributed by atoms with Gasteiger partial charge in [0.25, 0.3) is 0 Å². The van der Waals surface area contributed by atoms with Gasteiger partial charge in [-0.15, -0.1) is 0 Å². The molecule has 0 radical (unpaired) electrons. The molecule has 0 amide bonds. The molecular weight excluding hydrogens is 544 g/mol. The van der Waals surface area contributed by atoms with E-state index in [1.165, 1.54) is 33.4 Å². The summed E-state index contributed by atoms with van der Waals surface area (Å²) in [4.78, 5) is 0. The lowest BCUT2D eigenvalue weighted by molar-refractivity contribution is 0.280. The molecule has 0 spiro atoms. The Morgan fingerprint density at radius 2 is 0.795 bits per heavy atom. The summed E-state index contributed by atoms with van der Waals surface area (Å²) in [5, 5.41) is 0. The van der Waals surface area contributed by atoms with Crippen LogP contribution in [-0.2, 0) is 44.0 Å². The fourth-order valence-corrected chi connectivity index (χ4v) is 5.93. The number of rotatable bonds is 13. The van der Waals surface area contributed by atoms with Crippen LogP contribution in [0.25, 0.3) is 0 Å². The highest BCUT2D eigenvalue weighted by Crippen LogP contribution is 2.43. The number of epoxide rings is 2. The molecule has 0 saturated carbocycles. The van der Waals surface area contributed by atoms with Gasteiger partial charge in [-0.3, -0.25) is 0 Å². The Morgan fingerprint density at radius 3 is 1.02 bits per heavy atom. The maximum absolute atomic E-state index is 6.62. The van der Waals surface area contributed by atoms with Gasteiger partial charge in [-0.2, -0.15) is 0 Å². The van der Waals surface area contributed by atoms with Crippen molar-refractivity contribution in [3.05, 3.63) is 57.6 Å². The second-order valence-electron chi connectivity index (χ2n) is 17.4. The normalized spacial score (nSPS) is 18.8. The molecule has 0 N–H and O–H groups in total. The van der Waals surface area contributed by atoms with Gasteiger partial charge in [0, 0.05) is 22.3 Å². The van der Waals surface area contributed by atoms with Crippen LogP contribution in [0, 0.1) is 0 Å². The Kier molecular flexibility index (Phi) is 10.6. The van der Waals surface area contributed by atoms with Crippen molar-refractivity contribution in [2.75, 3.05) is 26.4 Å². The zero-order chi connectivity index (χ0) is 32.5. The average molecular weight is 607 g/mol. The summed E-state index contributed by atoms with van der Waals surface area (Å²) in [6.07, 6.45) is 7.10. The third kappa shape index (κ3) is 9.73. The van der Waals surface area contributed by atoms with E-state index in [-0.39, 0.29) is 21.7 Å². The van der Waals surface area contributed by atoms with Gasteiger partial charge < -0.3 is 18.9 Å². The van der Waals surface area contributed by atoms with Crippen molar-refractivity contribution in [1.29, 1.82) is 0 Å². The van der Waals surface area contributed by atoms with Crippen molar-refractivity contribution in [2.45, 2.75) is 155 Å². The third-order valence-electron chi connectivity index (χ3n) is 8.87. The number of hydrogen-bond donors (Lipinski definition) is 0. The smallest absolute Gasteiger partial charge is 0.126 e. The molecule has 2 fully saturated rings. The van der Waals surface area contributed by atoms with Crippen LogP contribution in [0.5, 0.6) is 11.5 Å². The molecule has 2 aromatic carbocycles. The van der Waals surface area contributed by atoms with Gasteiger partial charge in [-0.1, -0.05) is 107 Å². The molecule has 0 aliphatic carbocycles. The molecule has 4 heteroatoms. The van der Waals surface area contributed by atoms with Crippen molar-refractivity contribution in [1.82, 2.24) is 0 Å². The van der Waals surface area contributed by atoms with E-state index in [9.17, 15) is 0 Å². The zero-order valence-electron chi connectivity index (χ0n) is 30.2. The fourth-order valence-electron chi connectivity index (χ4n) is 5.93. The number of hydrogen-bond acceptors (Lipinski definition) is 4. The highest BCUT2D eigenvalue weighted by atomic mass is 16.6. The van der Waals surface area contributed by atoms with Crippen molar-refractivity contribution < 1.29 is 18.9 Å². The van der Waals surface area contributed by atoms with E-state index in [1.807, 2.05) is 0 Å². The number of benzene rings is 2. The van der Waals surface area contributed by atoms with E-state index < -0.39 is 0 Å². The molecule has 2 unspecified atom stereocenters. The van der Waals surface area contributed by atoms with Crippen LogP contribution in [0.15, 0.2) is 24.3 Å². The van der Waals surface area contributed by atoms with E-state index in [4.69, 9.17) is 18.9 Å². The van der Waals surface area contributed by atoms with Gasteiger partial charge in [0.1, 0.15) is 11.5 Å². The quantitative estimate of drug-likeness (QED) is 0.168. The molecule has 2 aliphatic heterocycles. The van der Waals surface area contributed by atoms with Crippen molar-refractivity contribution in [2.24, 2.45) is 0 Å². The minimum Gasteiger partial charge on any atom is -0.493 e. The highest BCUT2D eigenvalue weighted by molar-refractivity contribution is 5.53. The fraction of sp³-hybridized carbons (Fsp3) is 0.700. The Balaban J connectivity index is 1.63. The molecule has 4 nitrogen and oxygen atoms in total. The summed E-state index contributed by atoms with van der Waals surface area (Å²) in [5.74, 6) is 2.18. The largest absolute Gasteiger partial charge is 0.493 e. The lowest BCUT2D eigenvalue weighted by atomic mass is 9.77. The molecule has 246 valence electrons. The van der Waals surface area contributed by atoms with Gasteiger partial charge in [0.15, 0.2) is 0 Å². The average Bonchev–Trinajstić information content (AvgIpc) is 3.81. The van der Waals surface area contributed by atoms with Crippen LogP contribution < -0.4 is 9.47 Å². The van der Waals surface area contributed by atoms with E-state index in [0.29, 0.717) is 12.2 Å². The van der Waals surface area contributed by atoms with Crippen LogP contribution in [0.4, 0.5) is 0 Å². The van der Waals surface area contributed by atoms with Crippen molar-refractivity contribution in [3.63, 3.8) is 0 Å². The molecule has 2 atom stereocenters. The highest BCUT2D eigenvalue weighted by Gasteiger charge is 2.30. The first-order valence-electron chi connectivity index (χ1n) is 17.2. The predicted molar refractivity (Wildman–Crippen MR) is 184 cm³/mol. The summed E-state index contributed by atoms with van der Waals surface area (Å²) in [5.41, 5.74) is 7.95. The Hall–Kier alpha value is -2.04. The van der Waals surface area contributed by atoms with Crippen LogP contribution in [0.2, 0.25) is 0 Å². The molecule has 0 aromatic heterocycles. The van der Waals surface area contributed by atoms with E-state index in [1.54, 1.807) is 0 Å². The van der Waals surface area contributed by atoms with Gasteiger partial charge in [0.05, 0.1) is 38.6 Å². The molecular formula is C40H62O4. The number of ether oxygens (including phenoxy) is 4. The van der Waals surface area contributed by atoms with Gasteiger partial charge in [-0.05, 0) is 71.3 Å². The van der Waals surface area contributed by atoms with Crippen molar-refractivity contribution in [3.8, 4) is 11.5 Å². The first-order valence-corrected chi connectivity index (χ1v) is 17.2. The van der Waals surface area contributed by atoms with Crippen molar-refractivity contribution >= 4 is 0 Å². The van der Waals surface area contributed by atoms with Crippen LogP contribution in [0.1, 0.15) is 142 Å². The second kappa shape index (κ2) is 13.4. The lowest BCUT2D eigenvalue weighted by Crippen LogP contribution is -2.21. The van der Waals surface area contributed by atoms with Gasteiger partial charge in [-0.25, -0.2) is 0 Å². The molecule has 2 aromatic rings. The summed E-state index contributed by atoms with van der Waals surface area (Å²) in [6, 6.07) is 9.69. The minimum atomic E-state index is -0.0195. The first-order chi connectivity index (χ1) is 20.3. The molecule has 2 heterocycles. The van der Waals surface area contributed by atoms with Crippen LogP contribution in [-0.4, -0.2) is 38.6 Å². The summed E-state index contributed by atoms with van der Waals surface area (Å²) < 4.78 is 24.1. The van der Waals surface area contributed by atoms with Crippen LogP contribution >= 0.6 is 0 Å². The van der Waals surface area contributed by atoms with Gasteiger partial charge in [0.2, 0.25) is 0 Å². The van der Waals surface area contributed by atoms with Gasteiger partial charge >= 0.3 is 0 Å².